The highest BCUT2D eigenvalue weighted by Gasteiger charge is 2.16. The van der Waals surface area contributed by atoms with Crippen LogP contribution < -0.4 is 15.4 Å². The Labute approximate surface area is 168 Å². The van der Waals surface area contributed by atoms with Gasteiger partial charge in [0.25, 0.3) is 5.69 Å². The van der Waals surface area contributed by atoms with Gasteiger partial charge in [0, 0.05) is 11.8 Å². The van der Waals surface area contributed by atoms with Gasteiger partial charge in [-0.3, -0.25) is 10.1 Å². The standard InChI is InChI=1S/C21H19N3O3S/c1-14-12-19(20(24(25)26)13-15(14)2)23-21(28)22-16-8-10-18(11-9-16)27-17-6-4-3-5-7-17/h3-13H,1-2H3,(H2,22,23,28). The molecule has 0 heterocycles. The Morgan fingerprint density at radius 3 is 2.18 bits per heavy atom. The Morgan fingerprint density at radius 1 is 0.929 bits per heavy atom. The first-order chi connectivity index (χ1) is 13.4. The van der Waals surface area contributed by atoms with Gasteiger partial charge in [0.1, 0.15) is 17.2 Å². The summed E-state index contributed by atoms with van der Waals surface area (Å²) in [6.45, 7) is 3.73. The molecule has 0 unspecified atom stereocenters. The van der Waals surface area contributed by atoms with E-state index in [1.807, 2.05) is 68.4 Å². The van der Waals surface area contributed by atoms with E-state index < -0.39 is 4.92 Å². The summed E-state index contributed by atoms with van der Waals surface area (Å²) in [6.07, 6.45) is 0. The molecule has 0 spiro atoms. The summed E-state index contributed by atoms with van der Waals surface area (Å²) in [4.78, 5) is 10.9. The Bertz CT molecular complexity index is 1010. The van der Waals surface area contributed by atoms with E-state index in [2.05, 4.69) is 10.6 Å². The van der Waals surface area contributed by atoms with Crippen molar-refractivity contribution >= 4 is 34.4 Å². The highest BCUT2D eigenvalue weighted by molar-refractivity contribution is 7.80. The smallest absolute Gasteiger partial charge is 0.293 e. The predicted molar refractivity (Wildman–Crippen MR) is 115 cm³/mol. The van der Waals surface area contributed by atoms with Gasteiger partial charge in [-0.25, -0.2) is 0 Å². The van der Waals surface area contributed by atoms with Crippen LogP contribution in [0.3, 0.4) is 0 Å². The molecule has 3 aromatic rings. The maximum Gasteiger partial charge on any atom is 0.293 e. The van der Waals surface area contributed by atoms with Crippen molar-refractivity contribution < 1.29 is 9.66 Å². The molecule has 2 N–H and O–H groups in total. The number of nitro groups is 1. The summed E-state index contributed by atoms with van der Waals surface area (Å²) in [5, 5.41) is 17.5. The van der Waals surface area contributed by atoms with Gasteiger partial charge < -0.3 is 15.4 Å². The third-order valence-electron chi connectivity index (χ3n) is 4.15. The topological polar surface area (TPSA) is 76.4 Å². The molecule has 3 aromatic carbocycles. The predicted octanol–water partition coefficient (Wildman–Crippen LogP) is 5.81. The van der Waals surface area contributed by atoms with Gasteiger partial charge in [0.05, 0.1) is 4.92 Å². The maximum atomic E-state index is 11.3. The van der Waals surface area contributed by atoms with Gasteiger partial charge in [0.15, 0.2) is 5.11 Å². The minimum Gasteiger partial charge on any atom is -0.457 e. The van der Waals surface area contributed by atoms with Crippen LogP contribution in [0, 0.1) is 24.0 Å². The van der Waals surface area contributed by atoms with E-state index in [-0.39, 0.29) is 10.8 Å². The van der Waals surface area contributed by atoms with Gasteiger partial charge in [-0.15, -0.1) is 0 Å². The van der Waals surface area contributed by atoms with Gasteiger partial charge in [-0.1, -0.05) is 18.2 Å². The second kappa shape index (κ2) is 8.49. The zero-order valence-electron chi connectivity index (χ0n) is 15.4. The number of rotatable bonds is 5. The second-order valence-corrected chi connectivity index (χ2v) is 6.64. The monoisotopic (exact) mass is 393 g/mol. The van der Waals surface area contributed by atoms with E-state index in [0.29, 0.717) is 11.4 Å². The fourth-order valence-corrected chi connectivity index (χ4v) is 2.80. The van der Waals surface area contributed by atoms with Crippen molar-refractivity contribution in [3.63, 3.8) is 0 Å². The fraction of sp³-hybridized carbons (Fsp3) is 0.0952. The average Bonchev–Trinajstić information content (AvgIpc) is 2.66. The van der Waals surface area contributed by atoms with Crippen LogP contribution in [0.1, 0.15) is 11.1 Å². The van der Waals surface area contributed by atoms with Crippen LogP contribution in [0.5, 0.6) is 11.5 Å². The number of aryl methyl sites for hydroxylation is 2. The van der Waals surface area contributed by atoms with E-state index in [0.717, 1.165) is 22.6 Å². The molecule has 0 aliphatic carbocycles. The second-order valence-electron chi connectivity index (χ2n) is 6.23. The van der Waals surface area contributed by atoms with E-state index in [4.69, 9.17) is 17.0 Å². The van der Waals surface area contributed by atoms with Crippen molar-refractivity contribution in [2.24, 2.45) is 0 Å². The fourth-order valence-electron chi connectivity index (χ4n) is 2.57. The van der Waals surface area contributed by atoms with Crippen molar-refractivity contribution in [3.8, 4) is 11.5 Å². The highest BCUT2D eigenvalue weighted by Crippen LogP contribution is 2.28. The normalized spacial score (nSPS) is 10.2. The molecule has 0 fully saturated rings. The van der Waals surface area contributed by atoms with E-state index >= 15 is 0 Å². The molecule has 0 bridgehead atoms. The van der Waals surface area contributed by atoms with Crippen LogP contribution in [0.4, 0.5) is 17.1 Å². The molecule has 0 aromatic heterocycles. The van der Waals surface area contributed by atoms with Crippen LogP contribution in [0.15, 0.2) is 66.7 Å². The molecule has 142 valence electrons. The van der Waals surface area contributed by atoms with Crippen LogP contribution in [-0.4, -0.2) is 10.0 Å². The highest BCUT2D eigenvalue weighted by atomic mass is 32.1. The first-order valence-corrected chi connectivity index (χ1v) is 9.00. The van der Waals surface area contributed by atoms with Gasteiger partial charge in [-0.2, -0.15) is 0 Å². The number of nitrogens with one attached hydrogen (secondary N) is 2. The molecule has 0 saturated heterocycles. The van der Waals surface area contributed by atoms with Crippen molar-refractivity contribution in [3.05, 3.63) is 88.0 Å². The Hall–Kier alpha value is -3.45. The molecule has 0 aliphatic heterocycles. The quantitative estimate of drug-likeness (QED) is 0.323. The lowest BCUT2D eigenvalue weighted by molar-refractivity contribution is -0.384. The summed E-state index contributed by atoms with van der Waals surface area (Å²) in [5.74, 6) is 1.45. The summed E-state index contributed by atoms with van der Waals surface area (Å²) >= 11 is 5.30. The third kappa shape index (κ3) is 4.83. The Kier molecular flexibility index (Phi) is 5.86. The van der Waals surface area contributed by atoms with E-state index in [1.54, 1.807) is 6.07 Å². The first-order valence-electron chi connectivity index (χ1n) is 8.59. The number of ether oxygens (including phenoxy) is 1. The zero-order valence-corrected chi connectivity index (χ0v) is 16.2. The van der Waals surface area contributed by atoms with Crippen LogP contribution in [0.25, 0.3) is 0 Å². The lowest BCUT2D eigenvalue weighted by Crippen LogP contribution is -2.19. The lowest BCUT2D eigenvalue weighted by atomic mass is 10.1. The number of anilines is 2. The summed E-state index contributed by atoms with van der Waals surface area (Å²) in [7, 11) is 0. The van der Waals surface area contributed by atoms with E-state index in [9.17, 15) is 10.1 Å². The number of benzene rings is 3. The molecule has 0 atom stereocenters. The third-order valence-corrected chi connectivity index (χ3v) is 4.35. The van der Waals surface area contributed by atoms with Gasteiger partial charge in [-0.05, 0) is 79.7 Å². The summed E-state index contributed by atoms with van der Waals surface area (Å²) < 4.78 is 5.75. The SMILES string of the molecule is Cc1cc(NC(=S)Nc2ccc(Oc3ccccc3)cc2)c([N+](=O)[O-])cc1C. The minimum atomic E-state index is -0.424. The van der Waals surface area contributed by atoms with E-state index in [1.165, 1.54) is 6.07 Å². The molecule has 7 heteroatoms. The van der Waals surface area contributed by atoms with Crippen molar-refractivity contribution in [1.82, 2.24) is 0 Å². The van der Waals surface area contributed by atoms with Gasteiger partial charge in [0.2, 0.25) is 0 Å². The molecule has 6 nitrogen and oxygen atoms in total. The molecule has 0 aliphatic rings. The summed E-state index contributed by atoms with van der Waals surface area (Å²) in [5.41, 5.74) is 2.88. The van der Waals surface area contributed by atoms with Gasteiger partial charge >= 0.3 is 0 Å². The summed E-state index contributed by atoms with van der Waals surface area (Å²) in [6, 6.07) is 20.0. The first kappa shape index (κ1) is 19.3. The molecule has 0 saturated carbocycles. The van der Waals surface area contributed by atoms with Crippen LogP contribution in [-0.2, 0) is 0 Å². The van der Waals surface area contributed by atoms with Crippen molar-refractivity contribution in [2.45, 2.75) is 13.8 Å². The largest absolute Gasteiger partial charge is 0.457 e. The number of nitrogens with zero attached hydrogens (tertiary/aromatic N) is 1. The van der Waals surface area contributed by atoms with Crippen molar-refractivity contribution in [1.29, 1.82) is 0 Å². The Morgan fingerprint density at radius 2 is 1.54 bits per heavy atom. The average molecular weight is 393 g/mol. The molecular formula is C21H19N3O3S. The number of thiocarbonyl (C=S) groups is 1. The molecular weight excluding hydrogens is 374 g/mol. The molecule has 3 rings (SSSR count). The van der Waals surface area contributed by atoms with Crippen LogP contribution >= 0.6 is 12.2 Å². The van der Waals surface area contributed by atoms with Crippen molar-refractivity contribution in [2.75, 3.05) is 10.6 Å². The zero-order chi connectivity index (χ0) is 20.1. The lowest BCUT2D eigenvalue weighted by Gasteiger charge is -2.13. The molecule has 0 amide bonds. The Balaban J connectivity index is 1.67. The number of hydrogen-bond donors (Lipinski definition) is 2. The number of hydrogen-bond acceptors (Lipinski definition) is 4. The minimum absolute atomic E-state index is 0.0149. The molecule has 0 radical (unpaired) electrons. The number of nitro benzene ring substituents is 1. The number of para-hydroxylation sites is 1. The maximum absolute atomic E-state index is 11.3. The van der Waals surface area contributed by atoms with Crippen LogP contribution in [0.2, 0.25) is 0 Å². The molecule has 28 heavy (non-hydrogen) atoms.